The Bertz CT molecular complexity index is 254. The van der Waals surface area contributed by atoms with Gasteiger partial charge in [0.2, 0.25) is 5.91 Å². The lowest BCUT2D eigenvalue weighted by Crippen LogP contribution is -2.46. The number of ether oxygens (including phenoxy) is 1. The number of rotatable bonds is 5. The van der Waals surface area contributed by atoms with Crippen LogP contribution >= 0.6 is 0 Å². The second-order valence-corrected chi connectivity index (χ2v) is 5.62. The van der Waals surface area contributed by atoms with E-state index in [0.29, 0.717) is 25.4 Å². The van der Waals surface area contributed by atoms with Crippen molar-refractivity contribution in [2.75, 3.05) is 31.8 Å². The third kappa shape index (κ3) is 5.58. The predicted molar refractivity (Wildman–Crippen MR) is 63.8 cm³/mol. The summed E-state index contributed by atoms with van der Waals surface area (Å²) < 4.78 is 16.2. The van der Waals surface area contributed by atoms with Crippen LogP contribution in [0.5, 0.6) is 0 Å². The number of amides is 1. The van der Waals surface area contributed by atoms with Gasteiger partial charge in [0.15, 0.2) is 0 Å². The summed E-state index contributed by atoms with van der Waals surface area (Å²) >= 11 is 0. The molecule has 3 atom stereocenters. The van der Waals surface area contributed by atoms with Gasteiger partial charge in [0, 0.05) is 47.9 Å². The summed E-state index contributed by atoms with van der Waals surface area (Å²) in [5.74, 6) is 0.487. The first-order valence-electron chi connectivity index (χ1n) is 5.48. The molecule has 1 amide bonds. The molecule has 0 bridgehead atoms. The molecule has 0 aromatic carbocycles. The first-order chi connectivity index (χ1) is 7.58. The lowest BCUT2D eigenvalue weighted by molar-refractivity contribution is -0.122. The fourth-order valence-electron chi connectivity index (χ4n) is 1.70. The minimum atomic E-state index is -0.874. The van der Waals surface area contributed by atoms with Crippen LogP contribution in [0, 0.1) is 0 Å². The average molecular weight is 248 g/mol. The van der Waals surface area contributed by atoms with Gasteiger partial charge in [-0.15, -0.1) is 0 Å². The van der Waals surface area contributed by atoms with Crippen molar-refractivity contribution in [3.8, 4) is 0 Å². The molecule has 3 unspecified atom stereocenters. The summed E-state index contributed by atoms with van der Waals surface area (Å²) in [7, 11) is -0.874. The highest BCUT2D eigenvalue weighted by Gasteiger charge is 2.17. The fourth-order valence-corrected chi connectivity index (χ4v) is 2.49. The molecular weight excluding hydrogens is 228 g/mol. The van der Waals surface area contributed by atoms with Crippen molar-refractivity contribution in [1.29, 1.82) is 0 Å². The molecule has 0 aromatic heterocycles. The molecule has 1 saturated heterocycles. The summed E-state index contributed by atoms with van der Waals surface area (Å²) in [6, 6.07) is 0.0657. The highest BCUT2D eigenvalue weighted by Crippen LogP contribution is 1.99. The Labute approximate surface area is 98.8 Å². The maximum Gasteiger partial charge on any atom is 0.221 e. The van der Waals surface area contributed by atoms with E-state index in [4.69, 9.17) is 4.74 Å². The van der Waals surface area contributed by atoms with E-state index in [1.54, 1.807) is 6.26 Å². The van der Waals surface area contributed by atoms with Gasteiger partial charge in [0.05, 0.1) is 13.2 Å². The molecule has 1 aliphatic heterocycles. The lowest BCUT2D eigenvalue weighted by atomic mass is 10.2. The largest absolute Gasteiger partial charge is 0.378 e. The molecule has 6 heteroatoms. The Morgan fingerprint density at radius 2 is 2.44 bits per heavy atom. The molecule has 5 nitrogen and oxygen atoms in total. The minimum absolute atomic E-state index is 0.0130. The van der Waals surface area contributed by atoms with E-state index in [1.807, 2.05) is 6.92 Å². The predicted octanol–water partition coefficient (Wildman–Crippen LogP) is -0.752. The Hall–Kier alpha value is -0.460. The van der Waals surface area contributed by atoms with E-state index in [9.17, 15) is 9.00 Å². The zero-order chi connectivity index (χ0) is 12.0. The summed E-state index contributed by atoms with van der Waals surface area (Å²) in [4.78, 5) is 11.6. The van der Waals surface area contributed by atoms with E-state index in [1.165, 1.54) is 0 Å². The Balaban J connectivity index is 2.21. The fraction of sp³-hybridized carbons (Fsp3) is 0.900. The molecule has 0 aromatic rings. The number of hydrogen-bond donors (Lipinski definition) is 2. The van der Waals surface area contributed by atoms with Crippen LogP contribution in [0.3, 0.4) is 0 Å². The van der Waals surface area contributed by atoms with Crippen molar-refractivity contribution >= 4 is 16.7 Å². The zero-order valence-corrected chi connectivity index (χ0v) is 10.6. The van der Waals surface area contributed by atoms with E-state index in [2.05, 4.69) is 10.6 Å². The molecule has 0 saturated carbocycles. The summed E-state index contributed by atoms with van der Waals surface area (Å²) in [6.07, 6.45) is 2.06. The SMILES string of the molecule is CC(CS(C)=O)NC(=O)CC1COCCN1. The molecule has 1 rings (SSSR count). The van der Waals surface area contributed by atoms with E-state index in [-0.39, 0.29) is 18.0 Å². The first-order valence-corrected chi connectivity index (χ1v) is 7.21. The lowest BCUT2D eigenvalue weighted by Gasteiger charge is -2.24. The van der Waals surface area contributed by atoms with Gasteiger partial charge in [-0.3, -0.25) is 9.00 Å². The normalized spacial score (nSPS) is 24.8. The van der Waals surface area contributed by atoms with Gasteiger partial charge < -0.3 is 15.4 Å². The third-order valence-corrected chi connectivity index (χ3v) is 3.29. The Kier molecular flexibility index (Phi) is 5.94. The molecule has 1 aliphatic rings. The van der Waals surface area contributed by atoms with E-state index in [0.717, 1.165) is 6.54 Å². The molecule has 2 N–H and O–H groups in total. The maximum atomic E-state index is 11.6. The molecule has 0 spiro atoms. The van der Waals surface area contributed by atoms with Crippen molar-refractivity contribution in [1.82, 2.24) is 10.6 Å². The topological polar surface area (TPSA) is 67.4 Å². The van der Waals surface area contributed by atoms with Gasteiger partial charge in [0.25, 0.3) is 0 Å². The van der Waals surface area contributed by atoms with Gasteiger partial charge >= 0.3 is 0 Å². The van der Waals surface area contributed by atoms with Crippen LogP contribution in [0.1, 0.15) is 13.3 Å². The third-order valence-electron chi connectivity index (χ3n) is 2.32. The Morgan fingerprint density at radius 3 is 3.00 bits per heavy atom. The minimum Gasteiger partial charge on any atom is -0.378 e. The van der Waals surface area contributed by atoms with Crippen LogP contribution in [-0.2, 0) is 20.3 Å². The van der Waals surface area contributed by atoms with Gasteiger partial charge in [-0.05, 0) is 6.92 Å². The van der Waals surface area contributed by atoms with Crippen molar-refractivity contribution in [3.05, 3.63) is 0 Å². The van der Waals surface area contributed by atoms with Crippen molar-refractivity contribution in [2.24, 2.45) is 0 Å². The maximum absolute atomic E-state index is 11.6. The highest BCUT2D eigenvalue weighted by atomic mass is 32.2. The van der Waals surface area contributed by atoms with Crippen molar-refractivity contribution < 1.29 is 13.7 Å². The molecule has 94 valence electrons. The van der Waals surface area contributed by atoms with Crippen molar-refractivity contribution in [3.63, 3.8) is 0 Å². The molecule has 1 heterocycles. The summed E-state index contributed by atoms with van der Waals surface area (Å²) in [5.41, 5.74) is 0. The standard InChI is InChI=1S/C10H20N2O3S/c1-8(7-16(2)14)12-10(13)5-9-6-15-4-3-11-9/h8-9,11H,3-7H2,1-2H3,(H,12,13). The Morgan fingerprint density at radius 1 is 1.69 bits per heavy atom. The number of carbonyl (C=O) groups is 1. The molecule has 16 heavy (non-hydrogen) atoms. The highest BCUT2D eigenvalue weighted by molar-refractivity contribution is 7.84. The van der Waals surface area contributed by atoms with Crippen LogP contribution in [0.25, 0.3) is 0 Å². The number of nitrogens with one attached hydrogen (secondary N) is 2. The van der Waals surface area contributed by atoms with E-state index >= 15 is 0 Å². The van der Waals surface area contributed by atoms with Crippen molar-refractivity contribution in [2.45, 2.75) is 25.4 Å². The second kappa shape index (κ2) is 6.98. The monoisotopic (exact) mass is 248 g/mol. The number of hydrogen-bond acceptors (Lipinski definition) is 4. The average Bonchev–Trinajstić information content (AvgIpc) is 2.17. The van der Waals surface area contributed by atoms with Crippen LogP contribution in [0.2, 0.25) is 0 Å². The van der Waals surface area contributed by atoms with Crippen LogP contribution < -0.4 is 10.6 Å². The summed E-state index contributed by atoms with van der Waals surface area (Å²) in [6.45, 7) is 3.96. The molecule has 0 aliphatic carbocycles. The van der Waals surface area contributed by atoms with Gasteiger partial charge in [-0.1, -0.05) is 0 Å². The molecule has 0 radical (unpaired) electrons. The van der Waals surface area contributed by atoms with E-state index < -0.39 is 10.8 Å². The smallest absolute Gasteiger partial charge is 0.221 e. The quantitative estimate of drug-likeness (QED) is 0.672. The molecular formula is C10H20N2O3S. The van der Waals surface area contributed by atoms with Gasteiger partial charge in [-0.25, -0.2) is 0 Å². The summed E-state index contributed by atoms with van der Waals surface area (Å²) in [5, 5.41) is 6.05. The first kappa shape index (κ1) is 13.6. The second-order valence-electron chi connectivity index (χ2n) is 4.14. The van der Waals surface area contributed by atoms with Gasteiger partial charge in [-0.2, -0.15) is 0 Å². The van der Waals surface area contributed by atoms with Gasteiger partial charge in [0.1, 0.15) is 0 Å². The van der Waals surface area contributed by atoms with Crippen LogP contribution in [0.15, 0.2) is 0 Å². The number of carbonyl (C=O) groups excluding carboxylic acids is 1. The van der Waals surface area contributed by atoms with Crippen LogP contribution in [-0.4, -0.2) is 54.0 Å². The van der Waals surface area contributed by atoms with Crippen LogP contribution in [0.4, 0.5) is 0 Å². The molecule has 1 fully saturated rings. The number of morpholine rings is 1. The zero-order valence-electron chi connectivity index (χ0n) is 9.82.